The molecule has 2 aromatic heterocycles. The second-order valence-corrected chi connectivity index (χ2v) is 7.88. The molecule has 9 heteroatoms. The van der Waals surface area contributed by atoms with Crippen LogP contribution in [0.5, 0.6) is 5.75 Å². The number of aromatic nitrogens is 3. The van der Waals surface area contributed by atoms with Crippen molar-refractivity contribution in [2.45, 2.75) is 20.8 Å². The van der Waals surface area contributed by atoms with Gasteiger partial charge >= 0.3 is 0 Å². The highest BCUT2D eigenvalue weighted by molar-refractivity contribution is 7.89. The number of amides is 1. The van der Waals surface area contributed by atoms with Crippen LogP contribution in [0.25, 0.3) is 16.6 Å². The molecule has 0 bridgehead atoms. The fraction of sp³-hybridized carbons (Fsp3) is 0.278. The summed E-state index contributed by atoms with van der Waals surface area (Å²) in [6, 6.07) is 5.48. The number of hydrogen-bond acceptors (Lipinski definition) is 6. The molecule has 2 heterocycles. The van der Waals surface area contributed by atoms with Crippen LogP contribution in [0.15, 0.2) is 30.6 Å². The Balaban J connectivity index is 2.31. The van der Waals surface area contributed by atoms with Gasteiger partial charge in [-0.2, -0.15) is 5.10 Å². The van der Waals surface area contributed by atoms with Crippen LogP contribution in [0.2, 0.25) is 0 Å². The third-order valence-electron chi connectivity index (χ3n) is 3.98. The van der Waals surface area contributed by atoms with Crippen molar-refractivity contribution in [1.82, 2.24) is 19.5 Å². The minimum absolute atomic E-state index is 0.184. The molecule has 1 N–H and O–H groups in total. The Morgan fingerprint density at radius 2 is 2.07 bits per heavy atom. The molecule has 142 valence electrons. The number of carbonyl (C=O) groups is 1. The number of pyridine rings is 1. The first-order valence-corrected chi connectivity index (χ1v) is 10.2. The molecule has 27 heavy (non-hydrogen) atoms. The van der Waals surface area contributed by atoms with Crippen molar-refractivity contribution in [2.24, 2.45) is 0 Å². The Labute approximate surface area is 157 Å². The van der Waals surface area contributed by atoms with E-state index in [4.69, 9.17) is 4.74 Å². The Bertz CT molecular complexity index is 1120. The van der Waals surface area contributed by atoms with E-state index in [9.17, 15) is 13.2 Å². The third-order valence-corrected chi connectivity index (χ3v) is 4.54. The number of fused-ring (bicyclic) bond motifs is 1. The molecule has 0 aliphatic carbocycles. The van der Waals surface area contributed by atoms with Gasteiger partial charge in [-0.25, -0.2) is 17.8 Å². The Morgan fingerprint density at radius 1 is 1.33 bits per heavy atom. The standard InChI is InChI=1S/C18H20N4O4S/c1-5-26-17-15(18(23)21-27(4,24)25)11(2)9-14-16(17)12(3)20-22(14)13-7-6-8-19-10-13/h6-10H,5H2,1-4H3,(H,21,23). The van der Waals surface area contributed by atoms with Crippen molar-refractivity contribution in [2.75, 3.05) is 12.9 Å². The number of carbonyl (C=O) groups excluding carboxylic acids is 1. The molecule has 1 aromatic carbocycles. The van der Waals surface area contributed by atoms with Crippen LogP contribution < -0.4 is 9.46 Å². The fourth-order valence-corrected chi connectivity index (χ4v) is 3.45. The van der Waals surface area contributed by atoms with Gasteiger partial charge in [-0.1, -0.05) is 0 Å². The van der Waals surface area contributed by atoms with Gasteiger partial charge in [-0.15, -0.1) is 0 Å². The second kappa shape index (κ2) is 6.99. The van der Waals surface area contributed by atoms with Gasteiger partial charge in [0.2, 0.25) is 10.0 Å². The lowest BCUT2D eigenvalue weighted by atomic mass is 10.0. The van der Waals surface area contributed by atoms with E-state index in [0.29, 0.717) is 29.0 Å². The Kier molecular flexibility index (Phi) is 4.88. The minimum Gasteiger partial charge on any atom is -0.492 e. The number of nitrogens with zero attached hydrogens (tertiary/aromatic N) is 3. The number of hydrogen-bond donors (Lipinski definition) is 1. The maximum Gasteiger partial charge on any atom is 0.268 e. The van der Waals surface area contributed by atoms with Crippen molar-refractivity contribution in [1.29, 1.82) is 0 Å². The van der Waals surface area contributed by atoms with Gasteiger partial charge in [0.05, 0.1) is 46.9 Å². The first-order chi connectivity index (χ1) is 12.7. The van der Waals surface area contributed by atoms with Crippen molar-refractivity contribution in [3.8, 4) is 11.4 Å². The molecular weight excluding hydrogens is 368 g/mol. The largest absolute Gasteiger partial charge is 0.492 e. The summed E-state index contributed by atoms with van der Waals surface area (Å²) >= 11 is 0. The van der Waals surface area contributed by atoms with Gasteiger partial charge in [0.15, 0.2) is 0 Å². The molecule has 0 aliphatic rings. The smallest absolute Gasteiger partial charge is 0.268 e. The summed E-state index contributed by atoms with van der Waals surface area (Å²) in [6.07, 6.45) is 4.29. The van der Waals surface area contributed by atoms with Crippen LogP contribution in [0.3, 0.4) is 0 Å². The van der Waals surface area contributed by atoms with E-state index < -0.39 is 15.9 Å². The highest BCUT2D eigenvalue weighted by Gasteiger charge is 2.25. The van der Waals surface area contributed by atoms with Gasteiger partial charge in [0.25, 0.3) is 5.91 Å². The lowest BCUT2D eigenvalue weighted by Gasteiger charge is -2.15. The maximum absolute atomic E-state index is 12.6. The predicted octanol–water partition coefficient (Wildman–Crippen LogP) is 2.13. The number of nitrogens with one attached hydrogen (secondary N) is 1. The molecule has 3 aromatic rings. The summed E-state index contributed by atoms with van der Waals surface area (Å²) in [4.78, 5) is 16.7. The molecule has 0 saturated carbocycles. The summed E-state index contributed by atoms with van der Waals surface area (Å²) in [5.74, 6) is -0.407. The number of rotatable bonds is 5. The number of aryl methyl sites for hydroxylation is 2. The van der Waals surface area contributed by atoms with Gasteiger partial charge in [0, 0.05) is 6.20 Å². The van der Waals surface area contributed by atoms with Crippen molar-refractivity contribution in [3.63, 3.8) is 0 Å². The summed E-state index contributed by atoms with van der Waals surface area (Å²) in [6.45, 7) is 5.66. The zero-order chi connectivity index (χ0) is 19.8. The van der Waals surface area contributed by atoms with E-state index in [-0.39, 0.29) is 5.56 Å². The summed E-state index contributed by atoms with van der Waals surface area (Å²) in [5, 5.41) is 5.22. The lowest BCUT2D eigenvalue weighted by Crippen LogP contribution is -2.30. The molecule has 0 saturated heterocycles. The van der Waals surface area contributed by atoms with Crippen LogP contribution in [0.1, 0.15) is 28.5 Å². The van der Waals surface area contributed by atoms with Crippen LogP contribution in [0, 0.1) is 13.8 Å². The molecule has 3 rings (SSSR count). The van der Waals surface area contributed by atoms with E-state index in [1.165, 1.54) is 0 Å². The third kappa shape index (κ3) is 3.63. The molecule has 8 nitrogen and oxygen atoms in total. The van der Waals surface area contributed by atoms with E-state index >= 15 is 0 Å². The lowest BCUT2D eigenvalue weighted by molar-refractivity contribution is 0.0977. The highest BCUT2D eigenvalue weighted by atomic mass is 32.2. The summed E-state index contributed by atoms with van der Waals surface area (Å²) in [7, 11) is -3.71. The second-order valence-electron chi connectivity index (χ2n) is 6.14. The minimum atomic E-state index is -3.71. The molecule has 0 aliphatic heterocycles. The topological polar surface area (TPSA) is 103 Å². The first-order valence-electron chi connectivity index (χ1n) is 8.31. The van der Waals surface area contributed by atoms with E-state index in [0.717, 1.165) is 17.5 Å². The summed E-state index contributed by atoms with van der Waals surface area (Å²) < 4.78 is 32.6. The normalized spacial score (nSPS) is 11.6. The van der Waals surface area contributed by atoms with E-state index in [1.54, 1.807) is 37.0 Å². The zero-order valence-corrected chi connectivity index (χ0v) is 16.3. The number of benzene rings is 1. The molecule has 0 spiro atoms. The Hall–Kier alpha value is -2.94. The van der Waals surface area contributed by atoms with Gasteiger partial charge < -0.3 is 4.74 Å². The van der Waals surface area contributed by atoms with Crippen molar-refractivity contribution >= 4 is 26.8 Å². The molecule has 0 unspecified atom stereocenters. The van der Waals surface area contributed by atoms with Crippen LogP contribution in [-0.2, 0) is 10.0 Å². The fourth-order valence-electron chi connectivity index (χ4n) is 3.01. The number of ether oxygens (including phenoxy) is 1. The van der Waals surface area contributed by atoms with E-state index in [1.807, 2.05) is 23.8 Å². The van der Waals surface area contributed by atoms with Crippen LogP contribution >= 0.6 is 0 Å². The molecular formula is C18H20N4O4S. The predicted molar refractivity (Wildman–Crippen MR) is 102 cm³/mol. The van der Waals surface area contributed by atoms with Crippen molar-refractivity contribution < 1.29 is 17.9 Å². The Morgan fingerprint density at radius 3 is 2.67 bits per heavy atom. The summed E-state index contributed by atoms with van der Waals surface area (Å²) in [5.41, 5.74) is 2.94. The zero-order valence-electron chi connectivity index (χ0n) is 15.5. The van der Waals surface area contributed by atoms with Gasteiger partial charge in [-0.05, 0) is 44.5 Å². The maximum atomic E-state index is 12.6. The SMILES string of the molecule is CCOc1c(C(=O)NS(C)(=O)=O)c(C)cc2c1c(C)nn2-c1cccnc1. The van der Waals surface area contributed by atoms with Crippen molar-refractivity contribution in [3.05, 3.63) is 47.4 Å². The van der Waals surface area contributed by atoms with E-state index in [2.05, 4.69) is 10.1 Å². The van der Waals surface area contributed by atoms with Gasteiger partial charge in [0.1, 0.15) is 5.75 Å². The van der Waals surface area contributed by atoms with Gasteiger partial charge in [-0.3, -0.25) is 9.78 Å². The molecule has 0 fully saturated rings. The molecule has 1 amide bonds. The first kappa shape index (κ1) is 18.8. The molecule has 0 radical (unpaired) electrons. The highest BCUT2D eigenvalue weighted by Crippen LogP contribution is 2.36. The van der Waals surface area contributed by atoms with Crippen LogP contribution in [-0.4, -0.2) is 42.0 Å². The quantitative estimate of drug-likeness (QED) is 0.718. The average molecular weight is 388 g/mol. The molecule has 0 atom stereocenters. The average Bonchev–Trinajstić information content (AvgIpc) is 2.90. The van der Waals surface area contributed by atoms with Crippen LogP contribution in [0.4, 0.5) is 0 Å². The monoisotopic (exact) mass is 388 g/mol. The number of sulfonamides is 1.